The molecule has 20 heavy (non-hydrogen) atoms. The summed E-state index contributed by atoms with van der Waals surface area (Å²) in [5.74, 6) is 0.342. The number of benzene rings is 1. The maximum absolute atomic E-state index is 11.5. The number of carbonyl (C=O) groups is 1. The average Bonchev–Trinajstić information content (AvgIpc) is 3.09. The fraction of sp³-hybridized carbons (Fsp3) is 0.357. The minimum absolute atomic E-state index is 0.0510. The van der Waals surface area contributed by atoms with Crippen LogP contribution < -0.4 is 4.90 Å². The summed E-state index contributed by atoms with van der Waals surface area (Å²) >= 11 is 6.43. The van der Waals surface area contributed by atoms with Gasteiger partial charge >= 0.3 is 0 Å². The largest absolute Gasteiger partial charge is 0.372 e. The summed E-state index contributed by atoms with van der Waals surface area (Å²) in [5.41, 5.74) is 2.23. The summed E-state index contributed by atoms with van der Waals surface area (Å²) in [5, 5.41) is 5.47. The number of thiocarbonyl (C=S) groups is 1. The summed E-state index contributed by atoms with van der Waals surface area (Å²) in [6, 6.07) is 8.25. The first-order chi connectivity index (χ1) is 9.74. The number of thioether (sulfide) groups is 1. The second-order valence-corrected chi connectivity index (χ2v) is 6.40. The maximum Gasteiger partial charge on any atom is 0.259 e. The molecule has 2 aliphatic heterocycles. The highest BCUT2D eigenvalue weighted by atomic mass is 32.2. The molecule has 2 aliphatic rings. The Hall–Kier alpha value is -1.40. The number of hydrogen-bond donors (Lipinski definition) is 0. The van der Waals surface area contributed by atoms with Crippen molar-refractivity contribution in [1.82, 2.24) is 5.01 Å². The highest BCUT2D eigenvalue weighted by molar-refractivity contribution is 8.23. The molecule has 0 aromatic heterocycles. The van der Waals surface area contributed by atoms with Crippen LogP contribution in [-0.2, 0) is 4.79 Å². The van der Waals surface area contributed by atoms with Gasteiger partial charge in [0.2, 0.25) is 0 Å². The van der Waals surface area contributed by atoms with Gasteiger partial charge in [0.05, 0.1) is 12.0 Å². The second-order valence-electron chi connectivity index (χ2n) is 4.79. The highest BCUT2D eigenvalue weighted by Crippen LogP contribution is 2.21. The molecule has 0 unspecified atom stereocenters. The van der Waals surface area contributed by atoms with Crippen LogP contribution in [0.1, 0.15) is 18.4 Å². The molecule has 6 heteroatoms. The predicted octanol–water partition coefficient (Wildman–Crippen LogP) is 2.48. The minimum Gasteiger partial charge on any atom is -0.372 e. The molecule has 0 bridgehead atoms. The standard InChI is InChI=1S/C14H15N3OS2/c18-13-10-20-14(19)17(13)15-9-11-3-5-12(6-4-11)16-7-1-2-8-16/h3-6,9H,1-2,7-8,10H2. The number of hydrazone groups is 1. The predicted molar refractivity (Wildman–Crippen MR) is 87.4 cm³/mol. The van der Waals surface area contributed by atoms with Crippen molar-refractivity contribution in [3.63, 3.8) is 0 Å². The molecule has 0 saturated carbocycles. The third-order valence-corrected chi connectivity index (χ3v) is 4.75. The summed E-state index contributed by atoms with van der Waals surface area (Å²) in [6.45, 7) is 2.28. The van der Waals surface area contributed by atoms with Gasteiger partial charge in [-0.05, 0) is 30.5 Å². The number of hydrogen-bond acceptors (Lipinski definition) is 5. The van der Waals surface area contributed by atoms with Gasteiger partial charge in [0.15, 0.2) is 4.32 Å². The number of anilines is 1. The molecule has 1 aromatic carbocycles. The fourth-order valence-electron chi connectivity index (χ4n) is 2.33. The van der Waals surface area contributed by atoms with Gasteiger partial charge in [0, 0.05) is 18.8 Å². The van der Waals surface area contributed by atoms with Gasteiger partial charge in [-0.3, -0.25) is 4.79 Å². The molecule has 0 aliphatic carbocycles. The van der Waals surface area contributed by atoms with E-state index in [-0.39, 0.29) is 5.91 Å². The zero-order valence-electron chi connectivity index (χ0n) is 11.0. The molecular weight excluding hydrogens is 290 g/mol. The Morgan fingerprint density at radius 3 is 2.50 bits per heavy atom. The first-order valence-electron chi connectivity index (χ1n) is 6.63. The number of amides is 1. The van der Waals surface area contributed by atoms with E-state index in [1.54, 1.807) is 6.21 Å². The van der Waals surface area contributed by atoms with E-state index in [1.165, 1.54) is 35.3 Å². The molecule has 1 amide bonds. The highest BCUT2D eigenvalue weighted by Gasteiger charge is 2.25. The van der Waals surface area contributed by atoms with Crippen molar-refractivity contribution in [2.24, 2.45) is 5.10 Å². The van der Waals surface area contributed by atoms with E-state index in [0.717, 1.165) is 18.7 Å². The van der Waals surface area contributed by atoms with E-state index in [1.807, 2.05) is 12.1 Å². The lowest BCUT2D eigenvalue weighted by molar-refractivity contribution is -0.123. The van der Waals surface area contributed by atoms with Crippen LogP contribution in [0, 0.1) is 0 Å². The minimum atomic E-state index is -0.0510. The van der Waals surface area contributed by atoms with E-state index in [2.05, 4.69) is 22.1 Å². The smallest absolute Gasteiger partial charge is 0.259 e. The van der Waals surface area contributed by atoms with Gasteiger partial charge in [0.25, 0.3) is 5.91 Å². The van der Waals surface area contributed by atoms with Crippen LogP contribution >= 0.6 is 24.0 Å². The Kier molecular flexibility index (Phi) is 4.03. The molecule has 2 fully saturated rings. The van der Waals surface area contributed by atoms with Crippen molar-refractivity contribution < 1.29 is 4.79 Å². The average molecular weight is 305 g/mol. The number of carbonyl (C=O) groups excluding carboxylic acids is 1. The molecule has 104 valence electrons. The summed E-state index contributed by atoms with van der Waals surface area (Å²) in [7, 11) is 0. The van der Waals surface area contributed by atoms with E-state index < -0.39 is 0 Å². The van der Waals surface area contributed by atoms with Gasteiger partial charge in [0.1, 0.15) is 0 Å². The fourth-order valence-corrected chi connectivity index (χ4v) is 3.30. The lowest BCUT2D eigenvalue weighted by Crippen LogP contribution is -2.22. The monoisotopic (exact) mass is 305 g/mol. The SMILES string of the molecule is O=C1CSC(=S)N1N=Cc1ccc(N2CCCC2)cc1. The third kappa shape index (κ3) is 2.86. The topological polar surface area (TPSA) is 35.9 Å². The Balaban J connectivity index is 1.68. The van der Waals surface area contributed by atoms with Crippen molar-refractivity contribution in [3.8, 4) is 0 Å². The molecule has 4 nitrogen and oxygen atoms in total. The van der Waals surface area contributed by atoms with Crippen molar-refractivity contribution >= 4 is 46.1 Å². The lowest BCUT2D eigenvalue weighted by atomic mass is 10.2. The van der Waals surface area contributed by atoms with E-state index in [0.29, 0.717) is 10.1 Å². The molecule has 0 spiro atoms. The molecule has 0 radical (unpaired) electrons. The van der Waals surface area contributed by atoms with Gasteiger partial charge in [-0.25, -0.2) is 0 Å². The normalized spacial score (nSPS) is 19.6. The van der Waals surface area contributed by atoms with Crippen LogP contribution in [0.5, 0.6) is 0 Å². The van der Waals surface area contributed by atoms with Crippen LogP contribution in [0.4, 0.5) is 5.69 Å². The molecular formula is C14H15N3OS2. The summed E-state index contributed by atoms with van der Waals surface area (Å²) in [4.78, 5) is 13.9. The zero-order valence-corrected chi connectivity index (χ0v) is 12.6. The van der Waals surface area contributed by atoms with Gasteiger partial charge in [-0.1, -0.05) is 36.1 Å². The van der Waals surface area contributed by atoms with Crippen LogP contribution in [0.15, 0.2) is 29.4 Å². The second kappa shape index (κ2) is 5.93. The molecule has 2 saturated heterocycles. The van der Waals surface area contributed by atoms with E-state index in [9.17, 15) is 4.79 Å². The van der Waals surface area contributed by atoms with Crippen LogP contribution in [0.25, 0.3) is 0 Å². The van der Waals surface area contributed by atoms with Gasteiger partial charge in [-0.2, -0.15) is 10.1 Å². The van der Waals surface area contributed by atoms with Crippen LogP contribution in [-0.4, -0.2) is 40.3 Å². The first-order valence-corrected chi connectivity index (χ1v) is 8.02. The Morgan fingerprint density at radius 1 is 1.20 bits per heavy atom. The molecule has 0 atom stereocenters. The number of nitrogens with zero attached hydrogens (tertiary/aromatic N) is 3. The van der Waals surface area contributed by atoms with Crippen molar-refractivity contribution in [3.05, 3.63) is 29.8 Å². The van der Waals surface area contributed by atoms with E-state index in [4.69, 9.17) is 12.2 Å². The summed E-state index contributed by atoms with van der Waals surface area (Å²) < 4.78 is 0.528. The Bertz CT molecular complexity index is 534. The third-order valence-electron chi connectivity index (χ3n) is 3.41. The molecule has 2 heterocycles. The molecule has 0 N–H and O–H groups in total. The Morgan fingerprint density at radius 2 is 1.90 bits per heavy atom. The van der Waals surface area contributed by atoms with Crippen molar-refractivity contribution in [2.75, 3.05) is 23.7 Å². The quantitative estimate of drug-likeness (QED) is 0.635. The summed E-state index contributed by atoms with van der Waals surface area (Å²) in [6.07, 6.45) is 4.23. The maximum atomic E-state index is 11.5. The Labute approximate surface area is 127 Å². The first kappa shape index (κ1) is 13.6. The van der Waals surface area contributed by atoms with Gasteiger partial charge < -0.3 is 4.90 Å². The van der Waals surface area contributed by atoms with Crippen molar-refractivity contribution in [1.29, 1.82) is 0 Å². The number of rotatable bonds is 3. The van der Waals surface area contributed by atoms with Crippen LogP contribution in [0.3, 0.4) is 0 Å². The zero-order chi connectivity index (χ0) is 13.9. The van der Waals surface area contributed by atoms with Crippen molar-refractivity contribution in [2.45, 2.75) is 12.8 Å². The van der Waals surface area contributed by atoms with E-state index >= 15 is 0 Å². The molecule has 3 rings (SSSR count). The molecule has 1 aromatic rings. The van der Waals surface area contributed by atoms with Gasteiger partial charge in [-0.15, -0.1) is 0 Å². The lowest BCUT2D eigenvalue weighted by Gasteiger charge is -2.17. The van der Waals surface area contributed by atoms with Crippen LogP contribution in [0.2, 0.25) is 0 Å².